The Kier molecular flexibility index (Phi) is 3.66. The molecule has 0 unspecified atom stereocenters. The molecule has 1 aromatic heterocycles. The van der Waals surface area contributed by atoms with Crippen molar-refractivity contribution in [1.82, 2.24) is 15.1 Å². The van der Waals surface area contributed by atoms with Crippen molar-refractivity contribution in [1.29, 1.82) is 0 Å². The van der Waals surface area contributed by atoms with Crippen molar-refractivity contribution < 1.29 is 0 Å². The molecule has 1 saturated heterocycles. The van der Waals surface area contributed by atoms with Gasteiger partial charge in [-0.2, -0.15) is 5.10 Å². The van der Waals surface area contributed by atoms with E-state index in [1.165, 1.54) is 5.57 Å². The second kappa shape index (κ2) is 5.02. The van der Waals surface area contributed by atoms with Crippen LogP contribution in [-0.2, 0) is 6.54 Å². The molecular weight excluding hydrogens is 222 g/mol. The van der Waals surface area contributed by atoms with Gasteiger partial charge in [-0.25, -0.2) is 0 Å². The van der Waals surface area contributed by atoms with E-state index >= 15 is 0 Å². The van der Waals surface area contributed by atoms with Crippen LogP contribution >= 0.6 is 11.6 Å². The van der Waals surface area contributed by atoms with E-state index in [4.69, 9.17) is 11.6 Å². The predicted octanol–water partition coefficient (Wildman–Crippen LogP) is 2.63. The van der Waals surface area contributed by atoms with Gasteiger partial charge in [0, 0.05) is 6.54 Å². The van der Waals surface area contributed by atoms with Crippen LogP contribution in [0.2, 0.25) is 5.02 Å². The molecule has 1 aromatic rings. The molecule has 0 saturated carbocycles. The van der Waals surface area contributed by atoms with Crippen LogP contribution in [0.3, 0.4) is 0 Å². The topological polar surface area (TPSA) is 29.9 Å². The smallest absolute Gasteiger partial charge is 0.0888 e. The molecule has 0 aliphatic carbocycles. The van der Waals surface area contributed by atoms with E-state index < -0.39 is 0 Å². The lowest BCUT2D eigenvalue weighted by Crippen LogP contribution is -2.23. The summed E-state index contributed by atoms with van der Waals surface area (Å²) in [6.07, 6.45) is 4.45. The molecule has 1 aliphatic heterocycles. The van der Waals surface area contributed by atoms with Crippen LogP contribution in [0, 0.1) is 6.92 Å². The highest BCUT2D eigenvalue weighted by molar-refractivity contribution is 6.32. The average Bonchev–Trinajstić information content (AvgIpc) is 2.58. The van der Waals surface area contributed by atoms with Gasteiger partial charge in [-0.05, 0) is 45.9 Å². The van der Waals surface area contributed by atoms with E-state index in [1.807, 2.05) is 11.6 Å². The zero-order valence-corrected chi connectivity index (χ0v) is 10.6. The number of piperidine rings is 1. The summed E-state index contributed by atoms with van der Waals surface area (Å²) < 4.78 is 1.98. The molecule has 3 nitrogen and oxygen atoms in total. The lowest BCUT2D eigenvalue weighted by atomic mass is 10.0. The van der Waals surface area contributed by atoms with Crippen molar-refractivity contribution in [2.45, 2.75) is 33.2 Å². The first-order chi connectivity index (χ1) is 7.72. The second-order valence-corrected chi connectivity index (χ2v) is 4.53. The van der Waals surface area contributed by atoms with Crippen molar-refractivity contribution >= 4 is 17.7 Å². The van der Waals surface area contributed by atoms with Gasteiger partial charge in [-0.1, -0.05) is 17.2 Å². The van der Waals surface area contributed by atoms with Crippen LogP contribution in [-0.4, -0.2) is 22.9 Å². The van der Waals surface area contributed by atoms with Gasteiger partial charge in [0.2, 0.25) is 0 Å². The van der Waals surface area contributed by atoms with Gasteiger partial charge in [0.1, 0.15) is 0 Å². The SMILES string of the molecule is CCn1nc(C)c(Cl)c1C=C1CCNCC1. The number of nitrogens with zero attached hydrogens (tertiary/aromatic N) is 2. The number of hydrogen-bond donors (Lipinski definition) is 1. The van der Waals surface area contributed by atoms with Crippen molar-refractivity contribution in [2.75, 3.05) is 13.1 Å². The van der Waals surface area contributed by atoms with E-state index in [-0.39, 0.29) is 0 Å². The molecule has 0 atom stereocenters. The molecule has 16 heavy (non-hydrogen) atoms. The van der Waals surface area contributed by atoms with E-state index in [9.17, 15) is 0 Å². The molecule has 2 rings (SSSR count). The van der Waals surface area contributed by atoms with Crippen molar-refractivity contribution in [3.63, 3.8) is 0 Å². The Bertz CT molecular complexity index is 399. The van der Waals surface area contributed by atoms with Crippen LogP contribution in [0.4, 0.5) is 0 Å². The Hall–Kier alpha value is -0.800. The normalized spacial score (nSPS) is 16.6. The van der Waals surface area contributed by atoms with E-state index in [1.54, 1.807) is 0 Å². The summed E-state index contributed by atoms with van der Waals surface area (Å²) in [5.41, 5.74) is 3.46. The standard InChI is InChI=1S/C12H18ClN3/c1-3-16-11(12(13)9(2)15-16)8-10-4-6-14-7-5-10/h8,14H,3-7H2,1-2H3. The number of halogens is 1. The Balaban J connectivity index is 2.31. The number of aromatic nitrogens is 2. The molecule has 1 N–H and O–H groups in total. The Morgan fingerprint density at radius 3 is 2.75 bits per heavy atom. The Morgan fingerprint density at radius 1 is 1.44 bits per heavy atom. The third kappa shape index (κ3) is 2.30. The van der Waals surface area contributed by atoms with Crippen molar-refractivity contribution in [3.05, 3.63) is 22.0 Å². The molecule has 0 radical (unpaired) electrons. The zero-order valence-electron chi connectivity index (χ0n) is 9.89. The summed E-state index contributed by atoms with van der Waals surface area (Å²) in [5.74, 6) is 0. The maximum Gasteiger partial charge on any atom is 0.0888 e. The molecule has 1 fully saturated rings. The number of nitrogens with one attached hydrogen (secondary N) is 1. The van der Waals surface area contributed by atoms with Gasteiger partial charge in [0.15, 0.2) is 0 Å². The van der Waals surface area contributed by atoms with Gasteiger partial charge in [0.25, 0.3) is 0 Å². The summed E-state index contributed by atoms with van der Waals surface area (Å²) in [6.45, 7) is 7.06. The molecule has 1 aliphatic rings. The molecular formula is C12H18ClN3. The highest BCUT2D eigenvalue weighted by Crippen LogP contribution is 2.24. The van der Waals surface area contributed by atoms with Gasteiger partial charge >= 0.3 is 0 Å². The minimum absolute atomic E-state index is 0.799. The fourth-order valence-electron chi connectivity index (χ4n) is 2.04. The van der Waals surface area contributed by atoms with Crippen LogP contribution < -0.4 is 5.32 Å². The number of hydrogen-bond acceptors (Lipinski definition) is 2. The maximum atomic E-state index is 6.27. The fourth-order valence-corrected chi connectivity index (χ4v) is 2.23. The van der Waals surface area contributed by atoms with E-state index in [0.717, 1.165) is 48.9 Å². The molecule has 0 bridgehead atoms. The largest absolute Gasteiger partial charge is 0.316 e. The summed E-state index contributed by atoms with van der Waals surface area (Å²) in [4.78, 5) is 0. The first-order valence-electron chi connectivity index (χ1n) is 5.85. The Morgan fingerprint density at radius 2 is 2.12 bits per heavy atom. The third-order valence-corrected chi connectivity index (χ3v) is 3.44. The average molecular weight is 240 g/mol. The molecule has 4 heteroatoms. The number of aryl methyl sites for hydroxylation is 2. The van der Waals surface area contributed by atoms with E-state index in [2.05, 4.69) is 23.4 Å². The summed E-state index contributed by atoms with van der Waals surface area (Å²) in [5, 5.41) is 8.57. The van der Waals surface area contributed by atoms with Crippen LogP contribution in [0.25, 0.3) is 6.08 Å². The van der Waals surface area contributed by atoms with Gasteiger partial charge in [-0.3, -0.25) is 4.68 Å². The van der Waals surface area contributed by atoms with Gasteiger partial charge in [0.05, 0.1) is 16.4 Å². The monoisotopic (exact) mass is 239 g/mol. The van der Waals surface area contributed by atoms with Crippen molar-refractivity contribution in [2.24, 2.45) is 0 Å². The van der Waals surface area contributed by atoms with Crippen molar-refractivity contribution in [3.8, 4) is 0 Å². The molecule has 0 amide bonds. The van der Waals surface area contributed by atoms with Gasteiger partial charge in [-0.15, -0.1) is 0 Å². The molecule has 0 spiro atoms. The first kappa shape index (κ1) is 11.7. The van der Waals surface area contributed by atoms with Crippen LogP contribution in [0.1, 0.15) is 31.2 Å². The van der Waals surface area contributed by atoms with Gasteiger partial charge < -0.3 is 5.32 Å². The highest BCUT2D eigenvalue weighted by Gasteiger charge is 2.12. The molecule has 2 heterocycles. The summed E-state index contributed by atoms with van der Waals surface area (Å²) in [6, 6.07) is 0. The molecule has 88 valence electrons. The maximum absolute atomic E-state index is 6.27. The number of rotatable bonds is 2. The minimum Gasteiger partial charge on any atom is -0.316 e. The highest BCUT2D eigenvalue weighted by atomic mass is 35.5. The molecule has 0 aromatic carbocycles. The van der Waals surface area contributed by atoms with Crippen LogP contribution in [0.15, 0.2) is 5.57 Å². The fraction of sp³-hybridized carbons (Fsp3) is 0.583. The predicted molar refractivity (Wildman–Crippen MR) is 67.7 cm³/mol. The quantitative estimate of drug-likeness (QED) is 0.860. The minimum atomic E-state index is 0.799. The lowest BCUT2D eigenvalue weighted by molar-refractivity contribution is 0.610. The summed E-state index contributed by atoms with van der Waals surface area (Å²) in [7, 11) is 0. The second-order valence-electron chi connectivity index (χ2n) is 4.15. The summed E-state index contributed by atoms with van der Waals surface area (Å²) >= 11 is 6.27. The Labute approximate surface area is 101 Å². The van der Waals surface area contributed by atoms with Crippen LogP contribution in [0.5, 0.6) is 0 Å². The zero-order chi connectivity index (χ0) is 11.5. The first-order valence-corrected chi connectivity index (χ1v) is 6.23. The third-order valence-electron chi connectivity index (χ3n) is 2.98. The lowest BCUT2D eigenvalue weighted by Gasteiger charge is -2.15. The van der Waals surface area contributed by atoms with E-state index in [0.29, 0.717) is 0 Å².